The van der Waals surface area contributed by atoms with Gasteiger partial charge in [-0.05, 0) is 38.0 Å². The number of benzene rings is 1. The Hall–Kier alpha value is -2.15. The van der Waals surface area contributed by atoms with Gasteiger partial charge in [-0.2, -0.15) is 5.10 Å². The van der Waals surface area contributed by atoms with Gasteiger partial charge in [0.1, 0.15) is 0 Å². The maximum absolute atomic E-state index is 12.8. The lowest BCUT2D eigenvalue weighted by atomic mass is 9.98. The van der Waals surface area contributed by atoms with E-state index in [2.05, 4.69) is 21.0 Å². The molecule has 1 aliphatic rings. The van der Waals surface area contributed by atoms with Crippen molar-refractivity contribution in [3.05, 3.63) is 46.2 Å². The summed E-state index contributed by atoms with van der Waals surface area (Å²) in [6.45, 7) is 2.69. The zero-order valence-electron chi connectivity index (χ0n) is 13.3. The van der Waals surface area contributed by atoms with Crippen molar-refractivity contribution in [2.45, 2.75) is 19.8 Å². The molecule has 1 N–H and O–H groups in total. The normalized spacial score (nSPS) is 17.8. The molecule has 2 aromatic rings. The van der Waals surface area contributed by atoms with Crippen LogP contribution in [0.3, 0.4) is 0 Å². The van der Waals surface area contributed by atoms with Crippen LogP contribution >= 0.6 is 15.9 Å². The van der Waals surface area contributed by atoms with E-state index in [1.807, 2.05) is 31.2 Å². The minimum absolute atomic E-state index is 0.153. The second-order valence-electron chi connectivity index (χ2n) is 5.96. The van der Waals surface area contributed by atoms with Crippen LogP contribution in [0, 0.1) is 12.8 Å². The van der Waals surface area contributed by atoms with Crippen molar-refractivity contribution in [2.24, 2.45) is 5.92 Å². The van der Waals surface area contributed by atoms with E-state index in [1.54, 1.807) is 15.8 Å². The summed E-state index contributed by atoms with van der Waals surface area (Å²) >= 11 is 3.43. The van der Waals surface area contributed by atoms with Crippen molar-refractivity contribution in [3.63, 3.8) is 0 Å². The van der Waals surface area contributed by atoms with E-state index >= 15 is 0 Å². The summed E-state index contributed by atoms with van der Waals surface area (Å²) < 4.78 is 2.65. The summed E-state index contributed by atoms with van der Waals surface area (Å²) in [5.41, 5.74) is 2.12. The van der Waals surface area contributed by atoms with E-state index in [9.17, 15) is 14.7 Å². The van der Waals surface area contributed by atoms with Gasteiger partial charge in [0.05, 0.1) is 29.1 Å². The average molecular weight is 392 g/mol. The highest BCUT2D eigenvalue weighted by atomic mass is 79.9. The lowest BCUT2D eigenvalue weighted by Crippen LogP contribution is -2.42. The van der Waals surface area contributed by atoms with Crippen LogP contribution in [0.5, 0.6) is 0 Å². The Morgan fingerprint density at radius 1 is 1.38 bits per heavy atom. The van der Waals surface area contributed by atoms with Crippen molar-refractivity contribution in [2.75, 3.05) is 13.1 Å². The summed E-state index contributed by atoms with van der Waals surface area (Å²) in [6.07, 6.45) is 2.89. The molecule has 24 heavy (non-hydrogen) atoms. The minimum atomic E-state index is -0.839. The number of aliphatic carboxylic acids is 1. The third kappa shape index (κ3) is 3.21. The molecule has 0 aliphatic carbocycles. The Kier molecular flexibility index (Phi) is 4.71. The number of amides is 1. The molecule has 1 aromatic carbocycles. The largest absolute Gasteiger partial charge is 0.481 e. The second kappa shape index (κ2) is 6.76. The SMILES string of the molecule is Cc1c(C(=O)N2CCC[C@H](C(=O)O)C2)cnn1-c1cccc(Br)c1. The molecular formula is C17H18BrN3O3. The van der Waals surface area contributed by atoms with Crippen molar-refractivity contribution in [1.29, 1.82) is 0 Å². The van der Waals surface area contributed by atoms with Crippen molar-refractivity contribution < 1.29 is 14.7 Å². The molecule has 0 saturated carbocycles. The maximum Gasteiger partial charge on any atom is 0.308 e. The number of hydrogen-bond donors (Lipinski definition) is 1. The maximum atomic E-state index is 12.8. The van der Waals surface area contributed by atoms with Gasteiger partial charge in [-0.1, -0.05) is 22.0 Å². The molecule has 126 valence electrons. The first-order valence-electron chi connectivity index (χ1n) is 7.80. The Bertz CT molecular complexity index is 787. The van der Waals surface area contributed by atoms with Crippen molar-refractivity contribution in [3.8, 4) is 5.69 Å². The van der Waals surface area contributed by atoms with E-state index < -0.39 is 11.9 Å². The van der Waals surface area contributed by atoms with Gasteiger partial charge in [-0.15, -0.1) is 0 Å². The topological polar surface area (TPSA) is 75.4 Å². The zero-order valence-corrected chi connectivity index (χ0v) is 14.9. The summed E-state index contributed by atoms with van der Waals surface area (Å²) in [5, 5.41) is 13.5. The number of carboxylic acids is 1. The van der Waals surface area contributed by atoms with Crippen LogP contribution in [0.25, 0.3) is 5.69 Å². The molecular weight excluding hydrogens is 374 g/mol. The standard InChI is InChI=1S/C17H18BrN3O3/c1-11-15(9-19-21(11)14-6-2-5-13(18)8-14)16(22)20-7-3-4-12(10-20)17(23)24/h2,5-6,8-9,12H,3-4,7,10H2,1H3,(H,23,24)/t12-/m0/s1. The van der Waals surface area contributed by atoms with Crippen molar-refractivity contribution >= 4 is 27.8 Å². The summed E-state index contributed by atoms with van der Waals surface area (Å²) in [5.74, 6) is -1.48. The third-order valence-electron chi connectivity index (χ3n) is 4.35. The number of hydrogen-bond acceptors (Lipinski definition) is 3. The van der Waals surface area contributed by atoms with E-state index in [0.717, 1.165) is 15.9 Å². The van der Waals surface area contributed by atoms with Crippen LogP contribution in [0.1, 0.15) is 28.9 Å². The molecule has 3 rings (SSSR count). The monoisotopic (exact) mass is 391 g/mol. The lowest BCUT2D eigenvalue weighted by molar-refractivity contribution is -0.143. The molecule has 6 nitrogen and oxygen atoms in total. The van der Waals surface area contributed by atoms with E-state index in [4.69, 9.17) is 0 Å². The molecule has 0 radical (unpaired) electrons. The van der Waals surface area contributed by atoms with E-state index in [1.165, 1.54) is 0 Å². The quantitative estimate of drug-likeness (QED) is 0.872. The number of likely N-dealkylation sites (tertiary alicyclic amines) is 1. The van der Waals surface area contributed by atoms with E-state index in [-0.39, 0.29) is 12.5 Å². The van der Waals surface area contributed by atoms with Crippen LogP contribution < -0.4 is 0 Å². The van der Waals surface area contributed by atoms with Gasteiger partial charge in [0.25, 0.3) is 5.91 Å². The first-order chi connectivity index (χ1) is 11.5. The fraction of sp³-hybridized carbons (Fsp3) is 0.353. The minimum Gasteiger partial charge on any atom is -0.481 e. The van der Waals surface area contributed by atoms with Gasteiger partial charge in [-0.25, -0.2) is 4.68 Å². The number of carbonyl (C=O) groups excluding carboxylic acids is 1. The molecule has 1 atom stereocenters. The number of piperidine rings is 1. The highest BCUT2D eigenvalue weighted by Crippen LogP contribution is 2.22. The van der Waals surface area contributed by atoms with Crippen LogP contribution in [-0.4, -0.2) is 44.8 Å². The number of carbonyl (C=O) groups is 2. The fourth-order valence-corrected chi connectivity index (χ4v) is 3.41. The smallest absolute Gasteiger partial charge is 0.308 e. The molecule has 1 saturated heterocycles. The van der Waals surface area contributed by atoms with Crippen LogP contribution in [0.15, 0.2) is 34.9 Å². The average Bonchev–Trinajstić information content (AvgIpc) is 2.96. The first kappa shape index (κ1) is 16.7. The second-order valence-corrected chi connectivity index (χ2v) is 6.88. The highest BCUT2D eigenvalue weighted by Gasteiger charge is 2.30. The number of halogens is 1. The molecule has 2 heterocycles. The number of carboxylic acid groups (broad SMARTS) is 1. The molecule has 0 bridgehead atoms. The fourth-order valence-electron chi connectivity index (χ4n) is 3.02. The van der Waals surface area contributed by atoms with Gasteiger partial charge in [0.15, 0.2) is 0 Å². The molecule has 1 aromatic heterocycles. The van der Waals surface area contributed by atoms with Crippen LogP contribution in [0.4, 0.5) is 0 Å². The predicted molar refractivity (Wildman–Crippen MR) is 92.3 cm³/mol. The summed E-state index contributed by atoms with van der Waals surface area (Å²) in [6, 6.07) is 7.67. The van der Waals surface area contributed by atoms with Gasteiger partial charge in [0.2, 0.25) is 0 Å². The predicted octanol–water partition coefficient (Wildman–Crippen LogP) is 2.88. The Morgan fingerprint density at radius 2 is 2.17 bits per heavy atom. The summed E-state index contributed by atoms with van der Waals surface area (Å²) in [4.78, 5) is 25.6. The summed E-state index contributed by atoms with van der Waals surface area (Å²) in [7, 11) is 0. The highest BCUT2D eigenvalue weighted by molar-refractivity contribution is 9.10. The molecule has 1 aliphatic heterocycles. The molecule has 0 spiro atoms. The van der Waals surface area contributed by atoms with Crippen molar-refractivity contribution in [1.82, 2.24) is 14.7 Å². The number of nitrogens with zero attached hydrogens (tertiary/aromatic N) is 3. The van der Waals surface area contributed by atoms with Gasteiger partial charge in [-0.3, -0.25) is 9.59 Å². The van der Waals surface area contributed by atoms with Crippen LogP contribution in [-0.2, 0) is 4.79 Å². The Labute approximate surface area is 148 Å². The Balaban J connectivity index is 1.85. The number of rotatable bonds is 3. The van der Waals surface area contributed by atoms with Crippen LogP contribution in [0.2, 0.25) is 0 Å². The number of aromatic nitrogens is 2. The van der Waals surface area contributed by atoms with Gasteiger partial charge < -0.3 is 10.0 Å². The zero-order chi connectivity index (χ0) is 17.3. The van der Waals surface area contributed by atoms with Gasteiger partial charge >= 0.3 is 5.97 Å². The molecule has 7 heteroatoms. The molecule has 1 amide bonds. The lowest BCUT2D eigenvalue weighted by Gasteiger charge is -2.30. The molecule has 1 fully saturated rings. The molecule has 0 unspecified atom stereocenters. The third-order valence-corrected chi connectivity index (χ3v) is 4.84. The van der Waals surface area contributed by atoms with Gasteiger partial charge in [0, 0.05) is 17.6 Å². The Morgan fingerprint density at radius 3 is 2.88 bits per heavy atom. The first-order valence-corrected chi connectivity index (χ1v) is 8.59. The van der Waals surface area contributed by atoms with E-state index in [0.29, 0.717) is 24.9 Å².